The number of fused-ring (bicyclic) bond motifs is 3. The molecular formula is C13H22N3+. The lowest BCUT2D eigenvalue weighted by Gasteiger charge is -2.50. The fraction of sp³-hybridized carbons (Fsp3) is 0.692. The average molecular weight is 220 g/mol. The maximum absolute atomic E-state index is 2.62. The second-order valence-corrected chi connectivity index (χ2v) is 5.35. The lowest BCUT2D eigenvalue weighted by atomic mass is 10.1. The number of rotatable bonds is 4. The van der Waals surface area contributed by atoms with Gasteiger partial charge in [-0.05, 0) is 12.1 Å². The Labute approximate surface area is 97.9 Å². The maximum atomic E-state index is 2.62. The van der Waals surface area contributed by atoms with Gasteiger partial charge in [0.1, 0.15) is 0 Å². The van der Waals surface area contributed by atoms with Crippen LogP contribution in [0.5, 0.6) is 0 Å². The molecule has 88 valence electrons. The van der Waals surface area contributed by atoms with Crippen LogP contribution < -0.4 is 0 Å². The quantitative estimate of drug-likeness (QED) is 0.688. The molecule has 3 aliphatic rings. The van der Waals surface area contributed by atoms with E-state index in [4.69, 9.17) is 0 Å². The van der Waals surface area contributed by atoms with Crippen LogP contribution in [0.1, 0.15) is 6.42 Å². The molecule has 3 heteroatoms. The van der Waals surface area contributed by atoms with Gasteiger partial charge in [-0.2, -0.15) is 0 Å². The summed E-state index contributed by atoms with van der Waals surface area (Å²) in [6.45, 7) is 10.8. The Bertz CT molecular complexity index is 309. The zero-order valence-corrected chi connectivity index (χ0v) is 10.0. The topological polar surface area (TPSA) is 8.17 Å². The van der Waals surface area contributed by atoms with Gasteiger partial charge in [0.15, 0.2) is 0 Å². The van der Waals surface area contributed by atoms with E-state index in [1.807, 2.05) is 0 Å². The van der Waals surface area contributed by atoms with Crippen molar-refractivity contribution in [2.75, 3.05) is 45.8 Å². The van der Waals surface area contributed by atoms with Crippen LogP contribution in [0.4, 0.5) is 0 Å². The Kier molecular flexibility index (Phi) is 2.74. The van der Waals surface area contributed by atoms with Crippen LogP contribution in [0.3, 0.4) is 0 Å². The van der Waals surface area contributed by atoms with E-state index >= 15 is 0 Å². The zero-order chi connectivity index (χ0) is 10.8. The van der Waals surface area contributed by atoms with E-state index in [2.05, 4.69) is 34.0 Å². The molecule has 1 aromatic heterocycles. The minimum Gasteiger partial charge on any atom is -0.354 e. The number of nitrogens with zero attached hydrogens (tertiary/aromatic N) is 3. The molecule has 3 fully saturated rings. The number of piperazine rings is 3. The highest BCUT2D eigenvalue weighted by molar-refractivity contribution is 4.90. The van der Waals surface area contributed by atoms with E-state index in [9.17, 15) is 0 Å². The number of hydrogen-bond acceptors (Lipinski definition) is 1. The standard InChI is InChI=1S/C13H22N3/c1-2-5-14(4-1)6-3-10-16-11-7-15(8-12-16)9-13-16/h1-2,4-5H,3,6-13H2/q+1. The third-order valence-corrected chi connectivity index (χ3v) is 4.39. The van der Waals surface area contributed by atoms with Crippen molar-refractivity contribution in [3.8, 4) is 0 Å². The molecule has 0 atom stereocenters. The van der Waals surface area contributed by atoms with Gasteiger partial charge < -0.3 is 9.05 Å². The summed E-state index contributed by atoms with van der Waals surface area (Å²) in [4.78, 5) is 2.62. The lowest BCUT2D eigenvalue weighted by molar-refractivity contribution is -0.941. The van der Waals surface area contributed by atoms with Crippen LogP contribution in [0.2, 0.25) is 0 Å². The Morgan fingerprint density at radius 3 is 2.19 bits per heavy atom. The summed E-state index contributed by atoms with van der Waals surface area (Å²) < 4.78 is 3.70. The summed E-state index contributed by atoms with van der Waals surface area (Å²) in [7, 11) is 0. The summed E-state index contributed by atoms with van der Waals surface area (Å²) in [5.74, 6) is 0. The van der Waals surface area contributed by atoms with E-state index in [0.29, 0.717) is 0 Å². The summed E-state index contributed by atoms with van der Waals surface area (Å²) in [5.41, 5.74) is 0. The van der Waals surface area contributed by atoms with Gasteiger partial charge in [-0.1, -0.05) is 0 Å². The Balaban J connectivity index is 1.50. The third kappa shape index (κ3) is 2.02. The second-order valence-electron chi connectivity index (χ2n) is 5.35. The van der Waals surface area contributed by atoms with Crippen molar-refractivity contribution < 1.29 is 4.48 Å². The van der Waals surface area contributed by atoms with Crippen LogP contribution in [-0.4, -0.2) is 59.8 Å². The molecule has 16 heavy (non-hydrogen) atoms. The van der Waals surface area contributed by atoms with Gasteiger partial charge >= 0.3 is 0 Å². The van der Waals surface area contributed by atoms with Crippen LogP contribution in [-0.2, 0) is 6.54 Å². The highest BCUT2D eigenvalue weighted by Crippen LogP contribution is 2.19. The van der Waals surface area contributed by atoms with Crippen molar-refractivity contribution >= 4 is 0 Å². The molecule has 0 aromatic carbocycles. The molecule has 3 aliphatic heterocycles. The monoisotopic (exact) mass is 220 g/mol. The molecular weight excluding hydrogens is 198 g/mol. The first-order chi connectivity index (χ1) is 7.86. The molecule has 3 saturated heterocycles. The molecule has 0 amide bonds. The average Bonchev–Trinajstić information content (AvgIpc) is 2.84. The van der Waals surface area contributed by atoms with E-state index in [1.165, 1.54) is 63.3 Å². The maximum Gasteiger partial charge on any atom is 0.0916 e. The van der Waals surface area contributed by atoms with Crippen molar-refractivity contribution in [3.05, 3.63) is 24.5 Å². The molecule has 0 saturated carbocycles. The highest BCUT2D eigenvalue weighted by atomic mass is 15.4. The van der Waals surface area contributed by atoms with Crippen molar-refractivity contribution in [1.29, 1.82) is 0 Å². The molecule has 3 nitrogen and oxygen atoms in total. The number of aryl methyl sites for hydroxylation is 1. The zero-order valence-electron chi connectivity index (χ0n) is 10.0. The fourth-order valence-corrected chi connectivity index (χ4v) is 3.17. The summed E-state index contributed by atoms with van der Waals surface area (Å²) in [5, 5.41) is 0. The molecule has 0 N–H and O–H groups in total. The fourth-order valence-electron chi connectivity index (χ4n) is 3.17. The van der Waals surface area contributed by atoms with Crippen molar-refractivity contribution in [1.82, 2.24) is 9.47 Å². The van der Waals surface area contributed by atoms with E-state index in [-0.39, 0.29) is 0 Å². The van der Waals surface area contributed by atoms with Gasteiger partial charge in [-0.25, -0.2) is 0 Å². The first kappa shape index (κ1) is 10.4. The molecule has 0 radical (unpaired) electrons. The van der Waals surface area contributed by atoms with Crippen molar-refractivity contribution in [2.45, 2.75) is 13.0 Å². The summed E-state index contributed by atoms with van der Waals surface area (Å²) >= 11 is 0. The predicted molar refractivity (Wildman–Crippen MR) is 65.2 cm³/mol. The Morgan fingerprint density at radius 2 is 1.56 bits per heavy atom. The van der Waals surface area contributed by atoms with Gasteiger partial charge in [0.05, 0.1) is 26.2 Å². The molecule has 4 rings (SSSR count). The third-order valence-electron chi connectivity index (χ3n) is 4.39. The van der Waals surface area contributed by atoms with Crippen LogP contribution in [0.25, 0.3) is 0 Å². The lowest BCUT2D eigenvalue weighted by Crippen LogP contribution is -2.67. The number of quaternary nitrogens is 1. The minimum absolute atomic E-state index is 1.19. The van der Waals surface area contributed by atoms with E-state index < -0.39 is 0 Å². The van der Waals surface area contributed by atoms with Crippen LogP contribution in [0, 0.1) is 0 Å². The molecule has 0 unspecified atom stereocenters. The van der Waals surface area contributed by atoms with Gasteiger partial charge in [0.2, 0.25) is 0 Å². The molecule has 1 aromatic rings. The van der Waals surface area contributed by atoms with Gasteiger partial charge in [-0.15, -0.1) is 0 Å². The Hall–Kier alpha value is -0.800. The molecule has 0 aliphatic carbocycles. The summed E-state index contributed by atoms with van der Waals surface area (Å²) in [6, 6.07) is 4.23. The van der Waals surface area contributed by atoms with Gasteiger partial charge in [0, 0.05) is 45.0 Å². The van der Waals surface area contributed by atoms with Crippen molar-refractivity contribution in [2.24, 2.45) is 0 Å². The molecule has 2 bridgehead atoms. The molecule has 0 spiro atoms. The summed E-state index contributed by atoms with van der Waals surface area (Å²) in [6.07, 6.45) is 5.68. The first-order valence-corrected chi connectivity index (χ1v) is 6.55. The van der Waals surface area contributed by atoms with Crippen LogP contribution >= 0.6 is 0 Å². The second kappa shape index (κ2) is 4.22. The number of aromatic nitrogens is 1. The minimum atomic E-state index is 1.19. The van der Waals surface area contributed by atoms with Gasteiger partial charge in [0.25, 0.3) is 0 Å². The normalized spacial score (nSPS) is 33.1. The van der Waals surface area contributed by atoms with E-state index in [1.54, 1.807) is 0 Å². The number of hydrogen-bond donors (Lipinski definition) is 0. The van der Waals surface area contributed by atoms with Crippen LogP contribution in [0.15, 0.2) is 24.5 Å². The smallest absolute Gasteiger partial charge is 0.0916 e. The first-order valence-electron chi connectivity index (χ1n) is 6.55. The van der Waals surface area contributed by atoms with Crippen molar-refractivity contribution in [3.63, 3.8) is 0 Å². The SMILES string of the molecule is c1ccn(CCC[N+]23CCN(CC2)CC3)c1. The highest BCUT2D eigenvalue weighted by Gasteiger charge is 2.37. The predicted octanol–water partition coefficient (Wildman–Crippen LogP) is 1.02. The largest absolute Gasteiger partial charge is 0.354 e. The molecule has 4 heterocycles. The van der Waals surface area contributed by atoms with Gasteiger partial charge in [-0.3, -0.25) is 4.90 Å². The van der Waals surface area contributed by atoms with E-state index in [0.717, 1.165) is 0 Å². The Morgan fingerprint density at radius 1 is 0.938 bits per heavy atom.